The number of halogens is 1. The Morgan fingerprint density at radius 1 is 0.783 bits per heavy atom. The lowest BCUT2D eigenvalue weighted by atomic mass is 10.1. The molecule has 0 bridgehead atoms. The molecule has 23 heavy (non-hydrogen) atoms. The van der Waals surface area contributed by atoms with Gasteiger partial charge in [0, 0.05) is 5.30 Å². The third-order valence-electron chi connectivity index (χ3n) is 3.70. The maximum absolute atomic E-state index is 14.4. The van der Waals surface area contributed by atoms with E-state index in [2.05, 4.69) is 37.0 Å². The summed E-state index contributed by atoms with van der Waals surface area (Å²) in [5.41, 5.74) is 2.34. The minimum Gasteiger partial charge on any atom is -0.206 e. The van der Waals surface area contributed by atoms with Crippen LogP contribution in [0.5, 0.6) is 0 Å². The summed E-state index contributed by atoms with van der Waals surface area (Å²) in [7, 11) is -0.872. The third-order valence-corrected chi connectivity index (χ3v) is 6.08. The number of rotatable bonds is 4. The van der Waals surface area contributed by atoms with Crippen molar-refractivity contribution >= 4 is 24.1 Å². The standard InChI is InChI=1S/C21H18FP/c1-17(18-10-4-2-5-11-18)16-23(19-12-6-3-7-13-19)21-15-9-8-14-20(21)22/h2-16H,1H3/b17-16+. The first-order valence-corrected chi connectivity index (χ1v) is 8.99. The van der Waals surface area contributed by atoms with Gasteiger partial charge in [-0.3, -0.25) is 0 Å². The average Bonchev–Trinajstić information content (AvgIpc) is 2.62. The highest BCUT2D eigenvalue weighted by atomic mass is 31.1. The van der Waals surface area contributed by atoms with Gasteiger partial charge in [0.15, 0.2) is 0 Å². The van der Waals surface area contributed by atoms with Crippen LogP contribution in [-0.2, 0) is 0 Å². The summed E-state index contributed by atoms with van der Waals surface area (Å²) in [6.07, 6.45) is 0. The molecule has 0 aromatic heterocycles. The first-order valence-electron chi connectivity index (χ1n) is 7.58. The Kier molecular flexibility index (Phi) is 5.00. The molecule has 1 unspecified atom stereocenters. The maximum Gasteiger partial charge on any atom is 0.131 e. The van der Waals surface area contributed by atoms with Gasteiger partial charge in [-0.05, 0) is 43.2 Å². The van der Waals surface area contributed by atoms with Crippen molar-refractivity contribution in [2.45, 2.75) is 6.92 Å². The van der Waals surface area contributed by atoms with Crippen molar-refractivity contribution in [2.75, 3.05) is 0 Å². The summed E-state index contributed by atoms with van der Waals surface area (Å²) in [4.78, 5) is 0. The van der Waals surface area contributed by atoms with Crippen LogP contribution in [0.25, 0.3) is 5.57 Å². The first kappa shape index (κ1) is 15.6. The average molecular weight is 320 g/mol. The molecule has 0 saturated carbocycles. The Bertz CT molecular complexity index is 794. The summed E-state index contributed by atoms with van der Waals surface area (Å²) >= 11 is 0. The van der Waals surface area contributed by atoms with E-state index in [1.807, 2.05) is 48.5 Å². The lowest BCUT2D eigenvalue weighted by Crippen LogP contribution is -2.13. The van der Waals surface area contributed by atoms with Gasteiger partial charge in [0.2, 0.25) is 0 Å². The SMILES string of the molecule is C/C(=C\P(c1ccccc1)c1ccccc1F)c1ccccc1. The highest BCUT2D eigenvalue weighted by Gasteiger charge is 2.15. The van der Waals surface area contributed by atoms with Crippen LogP contribution in [0.4, 0.5) is 4.39 Å². The minimum absolute atomic E-state index is 0.139. The summed E-state index contributed by atoms with van der Waals surface area (Å²) in [5, 5.41) is 1.92. The van der Waals surface area contributed by atoms with Gasteiger partial charge in [-0.2, -0.15) is 0 Å². The minimum atomic E-state index is -0.872. The number of allylic oxidation sites excluding steroid dienone is 1. The summed E-state index contributed by atoms with van der Waals surface area (Å²) < 4.78 is 14.4. The summed E-state index contributed by atoms with van der Waals surface area (Å²) in [6.45, 7) is 2.09. The van der Waals surface area contributed by atoms with Crippen LogP contribution in [0.15, 0.2) is 90.7 Å². The summed E-state index contributed by atoms with van der Waals surface area (Å²) in [5.74, 6) is 2.07. The van der Waals surface area contributed by atoms with Gasteiger partial charge in [-0.1, -0.05) is 78.9 Å². The van der Waals surface area contributed by atoms with E-state index in [4.69, 9.17) is 0 Å². The summed E-state index contributed by atoms with van der Waals surface area (Å²) in [6, 6.07) is 27.5. The van der Waals surface area contributed by atoms with Gasteiger partial charge in [-0.25, -0.2) is 4.39 Å². The van der Waals surface area contributed by atoms with Crippen molar-refractivity contribution in [3.05, 3.63) is 102 Å². The Morgan fingerprint density at radius 3 is 2.00 bits per heavy atom. The second-order valence-corrected chi connectivity index (χ2v) is 7.33. The molecule has 0 saturated heterocycles. The van der Waals surface area contributed by atoms with Gasteiger partial charge >= 0.3 is 0 Å². The van der Waals surface area contributed by atoms with Gasteiger partial charge in [0.1, 0.15) is 5.82 Å². The van der Waals surface area contributed by atoms with E-state index in [9.17, 15) is 4.39 Å². The fraction of sp³-hybridized carbons (Fsp3) is 0.0476. The van der Waals surface area contributed by atoms with Crippen LogP contribution >= 0.6 is 7.92 Å². The Balaban J connectivity index is 2.08. The van der Waals surface area contributed by atoms with E-state index in [-0.39, 0.29) is 5.82 Å². The van der Waals surface area contributed by atoms with Crippen LogP contribution in [-0.4, -0.2) is 0 Å². The van der Waals surface area contributed by atoms with Crippen LogP contribution < -0.4 is 10.6 Å². The van der Waals surface area contributed by atoms with Crippen molar-refractivity contribution in [1.29, 1.82) is 0 Å². The molecule has 3 aromatic rings. The molecule has 0 aliphatic heterocycles. The molecule has 3 aromatic carbocycles. The molecule has 0 fully saturated rings. The number of hydrogen-bond donors (Lipinski definition) is 0. The van der Waals surface area contributed by atoms with E-state index in [1.165, 1.54) is 11.1 Å². The van der Waals surface area contributed by atoms with Crippen LogP contribution in [0.2, 0.25) is 0 Å². The second-order valence-electron chi connectivity index (χ2n) is 5.34. The molecule has 0 aliphatic rings. The normalized spacial score (nSPS) is 12.9. The van der Waals surface area contributed by atoms with Crippen LogP contribution in [0, 0.1) is 5.82 Å². The van der Waals surface area contributed by atoms with Crippen molar-refractivity contribution in [2.24, 2.45) is 0 Å². The van der Waals surface area contributed by atoms with Crippen LogP contribution in [0.3, 0.4) is 0 Å². The van der Waals surface area contributed by atoms with Gasteiger partial charge < -0.3 is 0 Å². The Hall–Kier alpha value is -2.24. The first-order chi connectivity index (χ1) is 11.3. The molecule has 0 radical (unpaired) electrons. The lowest BCUT2D eigenvalue weighted by molar-refractivity contribution is 0.636. The second kappa shape index (κ2) is 7.35. The van der Waals surface area contributed by atoms with Crippen molar-refractivity contribution in [3.8, 4) is 0 Å². The smallest absolute Gasteiger partial charge is 0.131 e. The van der Waals surface area contributed by atoms with Gasteiger partial charge in [0.25, 0.3) is 0 Å². The molecular formula is C21H18FP. The van der Waals surface area contributed by atoms with Crippen molar-refractivity contribution in [1.82, 2.24) is 0 Å². The number of benzene rings is 3. The van der Waals surface area contributed by atoms with Gasteiger partial charge in [0.05, 0.1) is 0 Å². The lowest BCUT2D eigenvalue weighted by Gasteiger charge is -2.17. The van der Waals surface area contributed by atoms with Gasteiger partial charge in [-0.15, -0.1) is 0 Å². The van der Waals surface area contributed by atoms with Crippen molar-refractivity contribution < 1.29 is 4.39 Å². The Morgan fingerprint density at radius 2 is 1.35 bits per heavy atom. The highest BCUT2D eigenvalue weighted by molar-refractivity contribution is 7.76. The molecule has 0 amide bonds. The quantitative estimate of drug-likeness (QED) is 0.571. The molecule has 0 aliphatic carbocycles. The predicted octanol–water partition coefficient (Wildman–Crippen LogP) is 5.32. The molecule has 114 valence electrons. The van der Waals surface area contributed by atoms with E-state index < -0.39 is 7.92 Å². The fourth-order valence-electron chi connectivity index (χ4n) is 2.49. The zero-order valence-electron chi connectivity index (χ0n) is 13.0. The third kappa shape index (κ3) is 3.75. The van der Waals surface area contributed by atoms with E-state index in [1.54, 1.807) is 12.1 Å². The largest absolute Gasteiger partial charge is 0.206 e. The zero-order valence-corrected chi connectivity index (χ0v) is 13.9. The molecule has 2 heteroatoms. The molecular weight excluding hydrogens is 302 g/mol. The topological polar surface area (TPSA) is 0 Å². The monoisotopic (exact) mass is 320 g/mol. The van der Waals surface area contributed by atoms with E-state index in [0.717, 1.165) is 10.6 Å². The Labute approximate surface area is 138 Å². The molecule has 0 N–H and O–H groups in total. The predicted molar refractivity (Wildman–Crippen MR) is 99.1 cm³/mol. The molecule has 3 rings (SSSR count). The molecule has 0 nitrogen and oxygen atoms in total. The highest BCUT2D eigenvalue weighted by Crippen LogP contribution is 2.39. The molecule has 0 spiro atoms. The molecule has 0 heterocycles. The molecule has 1 atom stereocenters. The number of hydrogen-bond acceptors (Lipinski definition) is 0. The maximum atomic E-state index is 14.4. The van der Waals surface area contributed by atoms with Crippen LogP contribution in [0.1, 0.15) is 12.5 Å². The zero-order chi connectivity index (χ0) is 16.1. The van der Waals surface area contributed by atoms with E-state index in [0.29, 0.717) is 0 Å². The van der Waals surface area contributed by atoms with E-state index >= 15 is 0 Å². The van der Waals surface area contributed by atoms with Crippen molar-refractivity contribution in [3.63, 3.8) is 0 Å². The fourth-order valence-corrected chi connectivity index (χ4v) is 4.64.